The van der Waals surface area contributed by atoms with Gasteiger partial charge in [0.2, 0.25) is 12.2 Å². The highest BCUT2D eigenvalue weighted by Gasteiger charge is 2.02. The van der Waals surface area contributed by atoms with Crippen LogP contribution in [0, 0.1) is 0 Å². The molecule has 3 rings (SSSR count). The molecule has 0 spiro atoms. The summed E-state index contributed by atoms with van der Waals surface area (Å²) in [5.74, 6) is 0. The molecule has 0 unspecified atom stereocenters. The van der Waals surface area contributed by atoms with Crippen molar-refractivity contribution in [3.05, 3.63) is 126 Å². The number of isocyanates is 2. The Balaban J connectivity index is 0.000000463. The molecule has 3 aromatic carbocycles. The number of amides is 2. The Morgan fingerprint density at radius 3 is 1.34 bits per heavy atom. The Morgan fingerprint density at radius 1 is 0.636 bits per heavy atom. The maximum absolute atomic E-state index is 11.5. The predicted molar refractivity (Wildman–Crippen MR) is 168 cm³/mol. The number of ether oxygens (including phenoxy) is 2. The molecule has 3 aromatic rings. The van der Waals surface area contributed by atoms with Crippen LogP contribution >= 0.6 is 0 Å². The van der Waals surface area contributed by atoms with Crippen molar-refractivity contribution in [1.82, 2.24) is 10.6 Å². The van der Waals surface area contributed by atoms with Gasteiger partial charge < -0.3 is 25.2 Å². The normalized spacial score (nSPS) is 9.84. The maximum Gasteiger partial charge on any atom is 0.408 e. The van der Waals surface area contributed by atoms with Gasteiger partial charge in [-0.25, -0.2) is 19.2 Å². The minimum Gasteiger partial charge on any atom is -0.445 e. The molecule has 0 aromatic heterocycles. The molecule has 2 amide bonds. The van der Waals surface area contributed by atoms with E-state index in [0.29, 0.717) is 0 Å². The summed E-state index contributed by atoms with van der Waals surface area (Å²) in [6.45, 7) is 0.134. The van der Waals surface area contributed by atoms with Crippen LogP contribution in [0.2, 0.25) is 0 Å². The minimum absolute atomic E-state index is 0.0809. The molecule has 11 nitrogen and oxygen atoms in total. The number of hydrogen-bond donors (Lipinski definition) is 3. The zero-order valence-electron chi connectivity index (χ0n) is 24.0. The van der Waals surface area contributed by atoms with Gasteiger partial charge in [0, 0.05) is 0 Å². The van der Waals surface area contributed by atoms with Gasteiger partial charge in [-0.3, -0.25) is 0 Å². The highest BCUT2D eigenvalue weighted by molar-refractivity contribution is 5.70. The van der Waals surface area contributed by atoms with E-state index < -0.39 is 12.2 Å². The van der Waals surface area contributed by atoms with E-state index in [4.69, 9.17) is 14.6 Å². The molecule has 0 heterocycles. The van der Waals surface area contributed by atoms with Gasteiger partial charge in [0.25, 0.3) is 0 Å². The standard InChI is InChI=1S/C21H22N2O4.C9H10O.C3H2N2O2/c24-20(26-15-7-13-18-9-3-1-4-10-18)22-17-23-21(25)27-16-8-14-19-11-5-2-6-12-19;10-8-4-7-9-5-2-1-3-6-9;6-2-4-1-5-3-7/h1-14H,15-17H2,(H,22,24)(H,23,25);1-7,10H,8H2;1H2/b13-7+,14-8+;7-4+;. The Labute approximate surface area is 256 Å². The average molecular weight is 599 g/mol. The lowest BCUT2D eigenvalue weighted by molar-refractivity contribution is 0.150. The maximum atomic E-state index is 11.5. The third-order valence-electron chi connectivity index (χ3n) is 4.79. The molecule has 0 radical (unpaired) electrons. The second kappa shape index (κ2) is 26.1. The van der Waals surface area contributed by atoms with Crippen molar-refractivity contribution in [3.63, 3.8) is 0 Å². The van der Waals surface area contributed by atoms with E-state index in [1.54, 1.807) is 18.2 Å². The number of aliphatic imine (C=N–C) groups is 2. The number of aliphatic hydroxyl groups is 1. The number of carbonyl (C=O) groups is 2. The van der Waals surface area contributed by atoms with Crippen molar-refractivity contribution in [2.45, 2.75) is 0 Å². The van der Waals surface area contributed by atoms with Crippen molar-refractivity contribution in [2.24, 2.45) is 9.98 Å². The van der Waals surface area contributed by atoms with E-state index in [1.165, 1.54) is 12.2 Å². The molecule has 3 N–H and O–H groups in total. The fourth-order valence-electron chi connectivity index (χ4n) is 2.88. The van der Waals surface area contributed by atoms with Crippen LogP contribution in [0.15, 0.2) is 119 Å². The van der Waals surface area contributed by atoms with Gasteiger partial charge in [0.1, 0.15) is 13.2 Å². The van der Waals surface area contributed by atoms with Gasteiger partial charge >= 0.3 is 12.2 Å². The Morgan fingerprint density at radius 2 is 1.00 bits per heavy atom. The zero-order chi connectivity index (χ0) is 31.9. The van der Waals surface area contributed by atoms with Crippen LogP contribution < -0.4 is 10.6 Å². The molecule has 0 atom stereocenters. The Hall–Kier alpha value is -5.86. The first-order valence-corrected chi connectivity index (χ1v) is 13.2. The molecule has 0 fully saturated rings. The molecule has 11 heteroatoms. The van der Waals surface area contributed by atoms with Crippen molar-refractivity contribution in [3.8, 4) is 0 Å². The van der Waals surface area contributed by atoms with Crippen LogP contribution in [0.25, 0.3) is 18.2 Å². The first-order valence-electron chi connectivity index (χ1n) is 13.2. The van der Waals surface area contributed by atoms with Crippen molar-refractivity contribution in [2.75, 3.05) is 33.2 Å². The van der Waals surface area contributed by atoms with E-state index in [0.717, 1.165) is 16.7 Å². The third kappa shape index (κ3) is 21.0. The minimum atomic E-state index is -0.628. The monoisotopic (exact) mass is 598 g/mol. The summed E-state index contributed by atoms with van der Waals surface area (Å²) < 4.78 is 9.91. The van der Waals surface area contributed by atoms with Crippen LogP contribution in [0.4, 0.5) is 9.59 Å². The SMILES string of the molecule is O=C(NCNC(=O)OC/C=C/c1ccccc1)OC/C=C/c1ccccc1.O=C=NCN=C=O.OC/C=C/c1ccccc1. The van der Waals surface area contributed by atoms with Crippen molar-refractivity contribution in [1.29, 1.82) is 0 Å². The van der Waals surface area contributed by atoms with Crippen LogP contribution in [-0.4, -0.2) is 62.6 Å². The lowest BCUT2D eigenvalue weighted by Gasteiger charge is -2.07. The number of alkyl carbamates (subject to hydrolysis) is 2. The lowest BCUT2D eigenvalue weighted by Crippen LogP contribution is -2.37. The summed E-state index contributed by atoms with van der Waals surface area (Å²) in [5.41, 5.74) is 3.16. The van der Waals surface area contributed by atoms with Gasteiger partial charge in [0.15, 0.2) is 6.67 Å². The average Bonchev–Trinajstić information content (AvgIpc) is 3.06. The van der Waals surface area contributed by atoms with Crippen molar-refractivity contribution >= 4 is 42.6 Å². The number of aliphatic hydroxyl groups excluding tert-OH is 1. The molecule has 0 aliphatic heterocycles. The summed E-state index contributed by atoms with van der Waals surface area (Å²) in [7, 11) is 0. The van der Waals surface area contributed by atoms with Crippen LogP contribution in [0.5, 0.6) is 0 Å². The van der Waals surface area contributed by atoms with Crippen LogP contribution in [0.3, 0.4) is 0 Å². The zero-order valence-corrected chi connectivity index (χ0v) is 24.0. The highest BCUT2D eigenvalue weighted by atomic mass is 16.6. The second-order valence-corrected chi connectivity index (χ2v) is 7.99. The third-order valence-corrected chi connectivity index (χ3v) is 4.79. The Kier molecular flexibility index (Phi) is 21.4. The number of nitrogens with zero attached hydrogens (tertiary/aromatic N) is 2. The van der Waals surface area contributed by atoms with E-state index in [-0.39, 0.29) is 33.2 Å². The summed E-state index contributed by atoms with van der Waals surface area (Å²) in [6, 6.07) is 29.2. The number of nitrogens with one attached hydrogen (secondary N) is 2. The molecular formula is C33H34N4O7. The topological polar surface area (TPSA) is 156 Å². The lowest BCUT2D eigenvalue weighted by atomic mass is 10.2. The van der Waals surface area contributed by atoms with Gasteiger partial charge in [-0.15, -0.1) is 0 Å². The molecular weight excluding hydrogens is 564 g/mol. The van der Waals surface area contributed by atoms with Crippen molar-refractivity contribution < 1.29 is 33.8 Å². The summed E-state index contributed by atoms with van der Waals surface area (Å²) in [4.78, 5) is 47.2. The number of carbonyl (C=O) groups excluding carboxylic acids is 4. The van der Waals surface area contributed by atoms with Gasteiger partial charge in [-0.2, -0.15) is 9.98 Å². The molecule has 0 bridgehead atoms. The van der Waals surface area contributed by atoms with Gasteiger partial charge in [0.05, 0.1) is 13.3 Å². The first-order chi connectivity index (χ1) is 21.6. The highest BCUT2D eigenvalue weighted by Crippen LogP contribution is 2.02. The second-order valence-electron chi connectivity index (χ2n) is 7.99. The molecule has 44 heavy (non-hydrogen) atoms. The molecule has 228 valence electrons. The number of benzene rings is 3. The molecule has 0 saturated heterocycles. The summed E-state index contributed by atoms with van der Waals surface area (Å²) in [5, 5.41) is 13.2. The molecule has 0 saturated carbocycles. The summed E-state index contributed by atoms with van der Waals surface area (Å²) in [6.07, 6.45) is 11.9. The summed E-state index contributed by atoms with van der Waals surface area (Å²) >= 11 is 0. The quantitative estimate of drug-likeness (QED) is 0.148. The number of rotatable bonds is 12. The molecule has 0 aliphatic rings. The predicted octanol–water partition coefficient (Wildman–Crippen LogP) is 5.13. The number of hydrogen-bond acceptors (Lipinski definition) is 9. The van der Waals surface area contributed by atoms with Gasteiger partial charge in [-0.1, -0.05) is 115 Å². The first kappa shape index (κ1) is 36.2. The fourth-order valence-corrected chi connectivity index (χ4v) is 2.88. The van der Waals surface area contributed by atoms with E-state index >= 15 is 0 Å². The molecule has 0 aliphatic carbocycles. The Bertz CT molecular complexity index is 1300. The van der Waals surface area contributed by atoms with E-state index in [1.807, 2.05) is 109 Å². The van der Waals surface area contributed by atoms with E-state index in [9.17, 15) is 19.2 Å². The van der Waals surface area contributed by atoms with Crippen LogP contribution in [-0.2, 0) is 19.1 Å². The van der Waals surface area contributed by atoms with Crippen LogP contribution in [0.1, 0.15) is 16.7 Å². The fraction of sp³-hybridized carbons (Fsp3) is 0.152. The smallest absolute Gasteiger partial charge is 0.408 e. The van der Waals surface area contributed by atoms with Gasteiger partial charge in [-0.05, 0) is 28.8 Å². The van der Waals surface area contributed by atoms with E-state index in [2.05, 4.69) is 20.6 Å². The largest absolute Gasteiger partial charge is 0.445 e.